The van der Waals surface area contributed by atoms with Crippen molar-refractivity contribution in [3.05, 3.63) is 34.6 Å². The van der Waals surface area contributed by atoms with Crippen LogP contribution in [0.5, 0.6) is 0 Å². The van der Waals surface area contributed by atoms with E-state index in [4.69, 9.17) is 4.74 Å². The van der Waals surface area contributed by atoms with E-state index in [9.17, 15) is 4.39 Å². The zero-order chi connectivity index (χ0) is 14.6. The molecule has 0 bridgehead atoms. The molecule has 1 unspecified atom stereocenters. The van der Waals surface area contributed by atoms with Gasteiger partial charge in [0.15, 0.2) is 0 Å². The van der Waals surface area contributed by atoms with E-state index in [2.05, 4.69) is 5.32 Å². The quantitative estimate of drug-likeness (QED) is 0.843. The summed E-state index contributed by atoms with van der Waals surface area (Å²) in [6.45, 7) is 13.2. The molecule has 0 spiro atoms. The summed E-state index contributed by atoms with van der Waals surface area (Å²) in [5.74, 6) is -0.156. The van der Waals surface area contributed by atoms with Gasteiger partial charge in [0.25, 0.3) is 0 Å². The first-order valence-electron chi connectivity index (χ1n) is 6.97. The smallest absolute Gasteiger partial charge is 0.128 e. The van der Waals surface area contributed by atoms with Crippen LogP contribution in [0.2, 0.25) is 0 Å². The van der Waals surface area contributed by atoms with E-state index in [1.807, 2.05) is 47.6 Å². The highest BCUT2D eigenvalue weighted by Crippen LogP contribution is 2.33. The Morgan fingerprint density at radius 2 is 1.89 bits per heavy atom. The molecular formula is C16H26FNO. The van der Waals surface area contributed by atoms with E-state index >= 15 is 0 Å². The van der Waals surface area contributed by atoms with Crippen molar-refractivity contribution in [3.63, 3.8) is 0 Å². The highest BCUT2D eigenvalue weighted by atomic mass is 19.1. The van der Waals surface area contributed by atoms with Crippen LogP contribution < -0.4 is 5.32 Å². The minimum Gasteiger partial charge on any atom is -0.374 e. The van der Waals surface area contributed by atoms with E-state index < -0.39 is 5.60 Å². The fourth-order valence-corrected chi connectivity index (χ4v) is 2.65. The van der Waals surface area contributed by atoms with Gasteiger partial charge in [-0.05, 0) is 58.4 Å². The van der Waals surface area contributed by atoms with Gasteiger partial charge in [0, 0.05) is 12.2 Å². The van der Waals surface area contributed by atoms with Gasteiger partial charge < -0.3 is 10.1 Å². The second-order valence-electron chi connectivity index (χ2n) is 5.50. The van der Waals surface area contributed by atoms with E-state index in [0.717, 1.165) is 17.7 Å². The van der Waals surface area contributed by atoms with Crippen LogP contribution in [-0.2, 0) is 4.74 Å². The lowest BCUT2D eigenvalue weighted by Crippen LogP contribution is -2.42. The topological polar surface area (TPSA) is 21.3 Å². The van der Waals surface area contributed by atoms with Crippen LogP contribution in [0.3, 0.4) is 0 Å². The molecule has 19 heavy (non-hydrogen) atoms. The van der Waals surface area contributed by atoms with Crippen LogP contribution in [0.1, 0.15) is 50.4 Å². The summed E-state index contributed by atoms with van der Waals surface area (Å²) in [5, 5.41) is 3.36. The Balaban J connectivity index is 3.27. The number of ether oxygens (including phenoxy) is 1. The Labute approximate surface area is 116 Å². The molecule has 0 heterocycles. The first-order chi connectivity index (χ1) is 8.83. The van der Waals surface area contributed by atoms with Crippen molar-refractivity contribution < 1.29 is 9.13 Å². The summed E-state index contributed by atoms with van der Waals surface area (Å²) < 4.78 is 20.2. The highest BCUT2D eigenvalue weighted by Gasteiger charge is 2.33. The maximum absolute atomic E-state index is 14.4. The first-order valence-corrected chi connectivity index (χ1v) is 6.97. The molecule has 1 atom stereocenters. The minimum absolute atomic E-state index is 0.155. The summed E-state index contributed by atoms with van der Waals surface area (Å²) in [6, 6.07) is 3.46. The molecule has 1 aromatic carbocycles. The summed E-state index contributed by atoms with van der Waals surface area (Å²) in [7, 11) is 0. The molecule has 1 aromatic rings. The predicted octanol–water partition coefficient (Wildman–Crippen LogP) is 3.91. The first kappa shape index (κ1) is 16.1. The predicted molar refractivity (Wildman–Crippen MR) is 78.0 cm³/mol. The monoisotopic (exact) mass is 267 g/mol. The molecule has 1 rings (SSSR count). The number of halogens is 1. The van der Waals surface area contributed by atoms with Gasteiger partial charge in [-0.15, -0.1) is 0 Å². The highest BCUT2D eigenvalue weighted by molar-refractivity contribution is 5.35. The summed E-state index contributed by atoms with van der Waals surface area (Å²) in [4.78, 5) is 0. The third-order valence-electron chi connectivity index (χ3n) is 3.39. The third-order valence-corrected chi connectivity index (χ3v) is 3.39. The van der Waals surface area contributed by atoms with Crippen LogP contribution in [0.4, 0.5) is 4.39 Å². The molecule has 0 saturated carbocycles. The minimum atomic E-state index is -0.453. The van der Waals surface area contributed by atoms with Gasteiger partial charge in [0.05, 0.1) is 11.6 Å². The summed E-state index contributed by atoms with van der Waals surface area (Å²) >= 11 is 0. The Hall–Kier alpha value is -0.930. The normalized spacial score (nSPS) is 13.6. The molecule has 1 N–H and O–H groups in total. The molecule has 0 aromatic heterocycles. The molecule has 0 aliphatic rings. The number of aryl methyl sites for hydroxylation is 2. The molecule has 0 aliphatic heterocycles. The van der Waals surface area contributed by atoms with E-state index in [0.29, 0.717) is 12.2 Å². The van der Waals surface area contributed by atoms with Crippen LogP contribution >= 0.6 is 0 Å². The zero-order valence-electron chi connectivity index (χ0n) is 12.9. The van der Waals surface area contributed by atoms with Gasteiger partial charge in [-0.1, -0.05) is 13.0 Å². The number of hydrogen-bond donors (Lipinski definition) is 1. The molecule has 3 heteroatoms. The lowest BCUT2D eigenvalue weighted by Gasteiger charge is -2.36. The molecule has 0 saturated heterocycles. The second kappa shape index (κ2) is 6.49. The van der Waals surface area contributed by atoms with Crippen LogP contribution in [0, 0.1) is 19.7 Å². The molecule has 0 aliphatic carbocycles. The van der Waals surface area contributed by atoms with Gasteiger partial charge in [-0.3, -0.25) is 0 Å². The fraction of sp³-hybridized carbons (Fsp3) is 0.625. The Kier molecular flexibility index (Phi) is 5.50. The molecular weight excluding hydrogens is 241 g/mol. The van der Waals surface area contributed by atoms with Crippen molar-refractivity contribution in [1.82, 2.24) is 5.32 Å². The standard InChI is InChI=1S/C16H26FNO/c1-7-18-15(16(5,6)19-8-2)14-12(4)9-11(3)10-13(14)17/h9-10,15,18H,7-8H2,1-6H3. The van der Waals surface area contributed by atoms with Crippen molar-refractivity contribution in [3.8, 4) is 0 Å². The summed E-state index contributed by atoms with van der Waals surface area (Å²) in [5.41, 5.74) is 2.18. The zero-order valence-corrected chi connectivity index (χ0v) is 12.9. The number of nitrogens with one attached hydrogen (secondary N) is 1. The van der Waals surface area contributed by atoms with Crippen molar-refractivity contribution >= 4 is 0 Å². The summed E-state index contributed by atoms with van der Waals surface area (Å²) in [6.07, 6.45) is 0. The van der Waals surface area contributed by atoms with Crippen LogP contribution in [0.25, 0.3) is 0 Å². The molecule has 108 valence electrons. The molecule has 0 amide bonds. The number of hydrogen-bond acceptors (Lipinski definition) is 2. The largest absolute Gasteiger partial charge is 0.374 e. The van der Waals surface area contributed by atoms with Crippen molar-refractivity contribution in [1.29, 1.82) is 0 Å². The Bertz CT molecular complexity index is 406. The molecule has 0 radical (unpaired) electrons. The maximum atomic E-state index is 14.4. The van der Waals surface area contributed by atoms with Gasteiger partial charge >= 0.3 is 0 Å². The Morgan fingerprint density at radius 3 is 2.37 bits per heavy atom. The lowest BCUT2D eigenvalue weighted by atomic mass is 9.87. The second-order valence-corrected chi connectivity index (χ2v) is 5.50. The van der Waals surface area contributed by atoms with Crippen LogP contribution in [-0.4, -0.2) is 18.8 Å². The maximum Gasteiger partial charge on any atom is 0.128 e. The van der Waals surface area contributed by atoms with Gasteiger partial charge in [0.1, 0.15) is 5.82 Å². The van der Waals surface area contributed by atoms with E-state index in [-0.39, 0.29) is 11.9 Å². The van der Waals surface area contributed by atoms with Gasteiger partial charge in [-0.2, -0.15) is 0 Å². The number of likely N-dealkylation sites (N-methyl/N-ethyl adjacent to an activating group) is 1. The van der Waals surface area contributed by atoms with Crippen molar-refractivity contribution in [2.75, 3.05) is 13.2 Å². The third kappa shape index (κ3) is 3.77. The van der Waals surface area contributed by atoms with Crippen molar-refractivity contribution in [2.24, 2.45) is 0 Å². The number of benzene rings is 1. The average molecular weight is 267 g/mol. The number of rotatable bonds is 6. The molecule has 0 fully saturated rings. The average Bonchev–Trinajstić information content (AvgIpc) is 2.26. The fourth-order valence-electron chi connectivity index (χ4n) is 2.65. The van der Waals surface area contributed by atoms with Gasteiger partial charge in [-0.25, -0.2) is 4.39 Å². The van der Waals surface area contributed by atoms with E-state index in [1.54, 1.807) is 6.07 Å². The Morgan fingerprint density at radius 1 is 1.26 bits per heavy atom. The SMILES string of the molecule is CCNC(c1c(C)cc(C)cc1F)C(C)(C)OCC. The van der Waals surface area contributed by atoms with Crippen LogP contribution in [0.15, 0.2) is 12.1 Å². The lowest BCUT2D eigenvalue weighted by molar-refractivity contribution is -0.0398. The van der Waals surface area contributed by atoms with Crippen molar-refractivity contribution in [2.45, 2.75) is 53.2 Å². The van der Waals surface area contributed by atoms with E-state index in [1.165, 1.54) is 0 Å². The molecule has 2 nitrogen and oxygen atoms in total. The van der Waals surface area contributed by atoms with Gasteiger partial charge in [0.2, 0.25) is 0 Å².